The van der Waals surface area contributed by atoms with Crippen molar-refractivity contribution in [1.29, 1.82) is 0 Å². The SMILES string of the molecule is CNCCC1CCN(Cc2cccc(C)c2)C1. The van der Waals surface area contributed by atoms with E-state index in [0.29, 0.717) is 0 Å². The molecule has 2 heteroatoms. The van der Waals surface area contributed by atoms with Gasteiger partial charge in [0.05, 0.1) is 0 Å². The number of hydrogen-bond acceptors (Lipinski definition) is 2. The Hall–Kier alpha value is -0.860. The number of benzene rings is 1. The number of nitrogens with one attached hydrogen (secondary N) is 1. The first-order valence-corrected chi connectivity index (χ1v) is 6.70. The summed E-state index contributed by atoms with van der Waals surface area (Å²) in [5.74, 6) is 0.896. The first-order valence-electron chi connectivity index (χ1n) is 6.70. The van der Waals surface area contributed by atoms with Gasteiger partial charge in [-0.05, 0) is 51.4 Å². The van der Waals surface area contributed by atoms with Crippen LogP contribution < -0.4 is 5.32 Å². The zero-order valence-electron chi connectivity index (χ0n) is 11.1. The van der Waals surface area contributed by atoms with Crippen molar-refractivity contribution in [3.8, 4) is 0 Å². The molecular weight excluding hydrogens is 208 g/mol. The van der Waals surface area contributed by atoms with E-state index in [1.807, 2.05) is 7.05 Å². The van der Waals surface area contributed by atoms with E-state index in [0.717, 1.165) is 19.0 Å². The molecule has 0 saturated carbocycles. The standard InChI is InChI=1S/C15H24N2/c1-13-4-3-5-15(10-13)12-17-9-7-14(11-17)6-8-16-2/h3-5,10,14,16H,6-9,11-12H2,1-2H3. The van der Waals surface area contributed by atoms with Crippen LogP contribution in [0, 0.1) is 12.8 Å². The van der Waals surface area contributed by atoms with Crippen LogP contribution in [-0.4, -0.2) is 31.6 Å². The second kappa shape index (κ2) is 6.18. The van der Waals surface area contributed by atoms with Crippen molar-refractivity contribution in [3.05, 3.63) is 35.4 Å². The summed E-state index contributed by atoms with van der Waals surface area (Å²) in [6.45, 7) is 6.99. The maximum Gasteiger partial charge on any atom is 0.0233 e. The second-order valence-electron chi connectivity index (χ2n) is 5.27. The van der Waals surface area contributed by atoms with Gasteiger partial charge in [-0.15, -0.1) is 0 Å². The molecule has 0 aliphatic carbocycles. The molecule has 1 fully saturated rings. The molecule has 0 bridgehead atoms. The Morgan fingerprint density at radius 2 is 2.29 bits per heavy atom. The molecule has 1 aromatic rings. The lowest BCUT2D eigenvalue weighted by Gasteiger charge is -2.16. The van der Waals surface area contributed by atoms with Gasteiger partial charge in [-0.3, -0.25) is 4.90 Å². The molecule has 1 aliphatic rings. The van der Waals surface area contributed by atoms with Gasteiger partial charge >= 0.3 is 0 Å². The van der Waals surface area contributed by atoms with Crippen molar-refractivity contribution in [1.82, 2.24) is 10.2 Å². The van der Waals surface area contributed by atoms with E-state index < -0.39 is 0 Å². The molecule has 0 spiro atoms. The quantitative estimate of drug-likeness (QED) is 0.839. The molecule has 1 unspecified atom stereocenters. The molecule has 1 atom stereocenters. The lowest BCUT2D eigenvalue weighted by molar-refractivity contribution is 0.313. The molecule has 0 radical (unpaired) electrons. The van der Waals surface area contributed by atoms with E-state index in [1.54, 1.807) is 0 Å². The fourth-order valence-corrected chi connectivity index (χ4v) is 2.71. The smallest absolute Gasteiger partial charge is 0.0233 e. The monoisotopic (exact) mass is 232 g/mol. The van der Waals surface area contributed by atoms with Crippen molar-refractivity contribution in [3.63, 3.8) is 0 Å². The summed E-state index contributed by atoms with van der Waals surface area (Å²) >= 11 is 0. The lowest BCUT2D eigenvalue weighted by atomic mass is 10.1. The summed E-state index contributed by atoms with van der Waals surface area (Å²) in [6, 6.07) is 8.89. The van der Waals surface area contributed by atoms with Gasteiger partial charge in [-0.2, -0.15) is 0 Å². The largest absolute Gasteiger partial charge is 0.320 e. The van der Waals surface area contributed by atoms with E-state index >= 15 is 0 Å². The van der Waals surface area contributed by atoms with Crippen molar-refractivity contribution < 1.29 is 0 Å². The Kier molecular flexibility index (Phi) is 4.57. The zero-order chi connectivity index (χ0) is 12.1. The first kappa shape index (κ1) is 12.6. The number of likely N-dealkylation sites (tertiary alicyclic amines) is 1. The van der Waals surface area contributed by atoms with Gasteiger partial charge in [0.25, 0.3) is 0 Å². The summed E-state index contributed by atoms with van der Waals surface area (Å²) in [6.07, 6.45) is 2.69. The van der Waals surface area contributed by atoms with E-state index in [2.05, 4.69) is 41.4 Å². The van der Waals surface area contributed by atoms with Gasteiger partial charge < -0.3 is 5.32 Å². The van der Waals surface area contributed by atoms with E-state index in [9.17, 15) is 0 Å². The van der Waals surface area contributed by atoms with E-state index in [1.165, 1.54) is 37.1 Å². The highest BCUT2D eigenvalue weighted by atomic mass is 15.1. The molecule has 2 nitrogen and oxygen atoms in total. The predicted octanol–water partition coefficient (Wildman–Crippen LogP) is 2.43. The molecule has 1 aliphatic heterocycles. The zero-order valence-corrected chi connectivity index (χ0v) is 11.1. The topological polar surface area (TPSA) is 15.3 Å². The second-order valence-corrected chi connectivity index (χ2v) is 5.27. The summed E-state index contributed by atoms with van der Waals surface area (Å²) in [7, 11) is 2.04. The third-order valence-corrected chi connectivity index (χ3v) is 3.66. The van der Waals surface area contributed by atoms with Gasteiger partial charge in [-0.1, -0.05) is 29.8 Å². The minimum absolute atomic E-state index is 0.896. The fourth-order valence-electron chi connectivity index (χ4n) is 2.71. The van der Waals surface area contributed by atoms with E-state index in [4.69, 9.17) is 0 Å². The molecule has 0 amide bonds. The van der Waals surface area contributed by atoms with Crippen LogP contribution in [0.3, 0.4) is 0 Å². The summed E-state index contributed by atoms with van der Waals surface area (Å²) in [5, 5.41) is 3.25. The molecule has 1 N–H and O–H groups in total. The molecule has 17 heavy (non-hydrogen) atoms. The van der Waals surface area contributed by atoms with Crippen LogP contribution in [0.25, 0.3) is 0 Å². The van der Waals surface area contributed by atoms with Crippen LogP contribution in [0.15, 0.2) is 24.3 Å². The highest BCUT2D eigenvalue weighted by molar-refractivity contribution is 5.22. The van der Waals surface area contributed by atoms with Crippen molar-refractivity contribution in [2.45, 2.75) is 26.3 Å². The minimum Gasteiger partial charge on any atom is -0.320 e. The minimum atomic E-state index is 0.896. The maximum absolute atomic E-state index is 3.25. The summed E-state index contributed by atoms with van der Waals surface area (Å²) in [5.41, 5.74) is 2.83. The van der Waals surface area contributed by atoms with Crippen molar-refractivity contribution in [2.75, 3.05) is 26.7 Å². The van der Waals surface area contributed by atoms with Gasteiger partial charge in [0, 0.05) is 13.1 Å². The highest BCUT2D eigenvalue weighted by Crippen LogP contribution is 2.21. The van der Waals surface area contributed by atoms with Gasteiger partial charge in [0.2, 0.25) is 0 Å². The molecule has 1 heterocycles. The van der Waals surface area contributed by atoms with Crippen LogP contribution in [0.1, 0.15) is 24.0 Å². The average Bonchev–Trinajstić information content (AvgIpc) is 2.74. The number of aryl methyl sites for hydroxylation is 1. The Morgan fingerprint density at radius 1 is 1.41 bits per heavy atom. The number of nitrogens with zero attached hydrogens (tertiary/aromatic N) is 1. The molecule has 94 valence electrons. The molecule has 0 aromatic heterocycles. The number of rotatable bonds is 5. The Labute approximate surface area is 105 Å². The fraction of sp³-hybridized carbons (Fsp3) is 0.600. The van der Waals surface area contributed by atoms with Crippen LogP contribution >= 0.6 is 0 Å². The summed E-state index contributed by atoms with van der Waals surface area (Å²) < 4.78 is 0. The van der Waals surface area contributed by atoms with Crippen molar-refractivity contribution >= 4 is 0 Å². The van der Waals surface area contributed by atoms with Crippen LogP contribution in [0.2, 0.25) is 0 Å². The van der Waals surface area contributed by atoms with Gasteiger partial charge in [0.15, 0.2) is 0 Å². The van der Waals surface area contributed by atoms with Crippen LogP contribution in [0.5, 0.6) is 0 Å². The Morgan fingerprint density at radius 3 is 3.06 bits per heavy atom. The van der Waals surface area contributed by atoms with Gasteiger partial charge in [0.1, 0.15) is 0 Å². The molecule has 1 aromatic carbocycles. The Bertz CT molecular complexity index is 349. The summed E-state index contributed by atoms with van der Waals surface area (Å²) in [4.78, 5) is 2.59. The third-order valence-electron chi connectivity index (χ3n) is 3.66. The van der Waals surface area contributed by atoms with Crippen molar-refractivity contribution in [2.24, 2.45) is 5.92 Å². The normalized spacial score (nSPS) is 20.9. The van der Waals surface area contributed by atoms with Crippen LogP contribution in [0.4, 0.5) is 0 Å². The average molecular weight is 232 g/mol. The van der Waals surface area contributed by atoms with Gasteiger partial charge in [-0.25, -0.2) is 0 Å². The first-order chi connectivity index (χ1) is 8.28. The lowest BCUT2D eigenvalue weighted by Crippen LogP contribution is -2.21. The molecule has 1 saturated heterocycles. The maximum atomic E-state index is 3.25. The predicted molar refractivity (Wildman–Crippen MR) is 73.1 cm³/mol. The van der Waals surface area contributed by atoms with Crippen LogP contribution in [-0.2, 0) is 6.54 Å². The highest BCUT2D eigenvalue weighted by Gasteiger charge is 2.21. The molecule has 2 rings (SSSR count). The Balaban J connectivity index is 1.81. The number of hydrogen-bond donors (Lipinski definition) is 1. The van der Waals surface area contributed by atoms with E-state index in [-0.39, 0.29) is 0 Å². The third kappa shape index (κ3) is 3.83. The molecular formula is C15H24N2.